The van der Waals surface area contributed by atoms with Crippen molar-refractivity contribution < 1.29 is 8.42 Å². The van der Waals surface area contributed by atoms with Crippen molar-refractivity contribution in [1.82, 2.24) is 0 Å². The maximum Gasteiger partial charge on any atom is 0.240 e. The van der Waals surface area contributed by atoms with E-state index in [1.807, 2.05) is 24.3 Å². The average Bonchev–Trinajstić information content (AvgIpc) is 2.45. The first-order chi connectivity index (χ1) is 9.50. The zero-order valence-electron chi connectivity index (χ0n) is 10.9. The highest BCUT2D eigenvalue weighted by atomic mass is 32.2. The Morgan fingerprint density at radius 3 is 2.15 bits per heavy atom. The van der Waals surface area contributed by atoms with Crippen LogP contribution >= 0.6 is 0 Å². The number of rotatable bonds is 5. The van der Waals surface area contributed by atoms with E-state index in [1.165, 1.54) is 6.07 Å². The summed E-state index contributed by atoms with van der Waals surface area (Å²) >= 11 is 0. The molecule has 106 valence electrons. The fourth-order valence-corrected chi connectivity index (χ4v) is 2.57. The third-order valence-electron chi connectivity index (χ3n) is 2.94. The third-order valence-corrected chi connectivity index (χ3v) is 3.90. The molecule has 0 radical (unpaired) electrons. The molecule has 0 aliphatic heterocycles. The molecule has 0 aliphatic rings. The number of nitrogens with one attached hydrogen (secondary N) is 1. The predicted octanol–water partition coefficient (Wildman–Crippen LogP) is 1.40. The van der Waals surface area contributed by atoms with Gasteiger partial charge in [-0.1, -0.05) is 36.4 Å². The number of sulfonamides is 1. The molecule has 2 aromatic rings. The molecule has 0 saturated heterocycles. The number of nitrogens with two attached hydrogens (primary N) is 2. The molecule has 0 atom stereocenters. The summed E-state index contributed by atoms with van der Waals surface area (Å²) in [7, 11) is -3.73. The first kappa shape index (κ1) is 14.5. The summed E-state index contributed by atoms with van der Waals surface area (Å²) in [5.41, 5.74) is 8.12. The summed E-state index contributed by atoms with van der Waals surface area (Å²) < 4.78 is 22.9. The van der Waals surface area contributed by atoms with E-state index in [1.54, 1.807) is 18.2 Å². The van der Waals surface area contributed by atoms with E-state index in [2.05, 4.69) is 5.32 Å². The summed E-state index contributed by atoms with van der Waals surface area (Å²) in [6.07, 6.45) is 0. The largest absolute Gasteiger partial charge is 0.380 e. The van der Waals surface area contributed by atoms with Crippen LogP contribution < -0.4 is 16.2 Å². The minimum atomic E-state index is -3.73. The number of hydrogen-bond donors (Lipinski definition) is 3. The van der Waals surface area contributed by atoms with Gasteiger partial charge in [0.1, 0.15) is 4.90 Å². The van der Waals surface area contributed by atoms with Crippen LogP contribution in [0, 0.1) is 0 Å². The number of para-hydroxylation sites is 1. The summed E-state index contributed by atoms with van der Waals surface area (Å²) in [6, 6.07) is 14.4. The zero-order valence-corrected chi connectivity index (χ0v) is 11.7. The van der Waals surface area contributed by atoms with E-state index in [0.717, 1.165) is 11.1 Å². The van der Waals surface area contributed by atoms with Crippen molar-refractivity contribution >= 4 is 15.7 Å². The van der Waals surface area contributed by atoms with Gasteiger partial charge in [-0.3, -0.25) is 0 Å². The Bertz CT molecular complexity index is 682. The van der Waals surface area contributed by atoms with Crippen LogP contribution in [0.3, 0.4) is 0 Å². The average molecular weight is 291 g/mol. The van der Waals surface area contributed by atoms with Crippen molar-refractivity contribution in [3.8, 4) is 0 Å². The van der Waals surface area contributed by atoms with Crippen molar-refractivity contribution in [1.29, 1.82) is 0 Å². The molecule has 0 unspecified atom stereocenters. The van der Waals surface area contributed by atoms with Gasteiger partial charge >= 0.3 is 0 Å². The van der Waals surface area contributed by atoms with Crippen LogP contribution in [0.5, 0.6) is 0 Å². The standard InChI is InChI=1S/C14H17N3O2S/c15-9-11-5-7-12(8-6-11)10-17-13-3-1-2-4-14(13)20(16,18)19/h1-8,17H,9-10,15H2,(H2,16,18,19). The Labute approximate surface area is 118 Å². The van der Waals surface area contributed by atoms with E-state index in [9.17, 15) is 8.42 Å². The molecule has 5 nitrogen and oxygen atoms in total. The van der Waals surface area contributed by atoms with Crippen LogP contribution in [-0.4, -0.2) is 8.42 Å². The van der Waals surface area contributed by atoms with Crippen molar-refractivity contribution in [2.45, 2.75) is 18.0 Å². The Hall–Kier alpha value is -1.89. The molecule has 0 aliphatic carbocycles. The lowest BCUT2D eigenvalue weighted by molar-refractivity contribution is 0.598. The van der Waals surface area contributed by atoms with Gasteiger partial charge < -0.3 is 11.1 Å². The molecule has 0 heterocycles. The Kier molecular flexibility index (Phi) is 4.39. The maximum atomic E-state index is 11.5. The molecule has 0 amide bonds. The van der Waals surface area contributed by atoms with E-state index in [-0.39, 0.29) is 4.90 Å². The van der Waals surface area contributed by atoms with Gasteiger partial charge in [0, 0.05) is 13.1 Å². The number of benzene rings is 2. The van der Waals surface area contributed by atoms with Crippen molar-refractivity contribution in [2.24, 2.45) is 10.9 Å². The fourth-order valence-electron chi connectivity index (χ4n) is 1.85. The molecule has 0 spiro atoms. The second-order valence-corrected chi connectivity index (χ2v) is 5.95. The quantitative estimate of drug-likeness (QED) is 0.775. The topological polar surface area (TPSA) is 98.2 Å². The summed E-state index contributed by atoms with van der Waals surface area (Å²) in [4.78, 5) is 0.0959. The highest BCUT2D eigenvalue weighted by Crippen LogP contribution is 2.20. The number of hydrogen-bond acceptors (Lipinski definition) is 4. The molecule has 2 rings (SSSR count). The van der Waals surface area contributed by atoms with Crippen LogP contribution in [0.25, 0.3) is 0 Å². The first-order valence-corrected chi connectivity index (χ1v) is 7.69. The van der Waals surface area contributed by atoms with Gasteiger partial charge in [0.25, 0.3) is 0 Å². The van der Waals surface area contributed by atoms with Gasteiger partial charge in [0.05, 0.1) is 5.69 Å². The molecule has 6 heteroatoms. The van der Waals surface area contributed by atoms with E-state index < -0.39 is 10.0 Å². The van der Waals surface area contributed by atoms with Crippen molar-refractivity contribution in [3.05, 3.63) is 59.7 Å². The van der Waals surface area contributed by atoms with Gasteiger partial charge in [-0.25, -0.2) is 13.6 Å². The third kappa shape index (κ3) is 3.57. The number of anilines is 1. The summed E-state index contributed by atoms with van der Waals surface area (Å²) in [5.74, 6) is 0. The van der Waals surface area contributed by atoms with E-state index >= 15 is 0 Å². The molecule has 20 heavy (non-hydrogen) atoms. The Morgan fingerprint density at radius 2 is 1.55 bits per heavy atom. The molecule has 0 aromatic heterocycles. The Morgan fingerprint density at radius 1 is 0.950 bits per heavy atom. The van der Waals surface area contributed by atoms with E-state index in [4.69, 9.17) is 10.9 Å². The van der Waals surface area contributed by atoms with Gasteiger partial charge in [-0.15, -0.1) is 0 Å². The molecule has 0 fully saturated rings. The highest BCUT2D eigenvalue weighted by molar-refractivity contribution is 7.89. The Balaban J connectivity index is 2.15. The molecule has 5 N–H and O–H groups in total. The van der Waals surface area contributed by atoms with Gasteiger partial charge in [0.15, 0.2) is 0 Å². The van der Waals surface area contributed by atoms with Crippen LogP contribution in [0.4, 0.5) is 5.69 Å². The van der Waals surface area contributed by atoms with Crippen LogP contribution in [0.2, 0.25) is 0 Å². The van der Waals surface area contributed by atoms with Crippen LogP contribution in [0.1, 0.15) is 11.1 Å². The van der Waals surface area contributed by atoms with Crippen molar-refractivity contribution in [2.75, 3.05) is 5.32 Å². The van der Waals surface area contributed by atoms with Gasteiger partial charge in [0.2, 0.25) is 10.0 Å². The lowest BCUT2D eigenvalue weighted by Crippen LogP contribution is -2.15. The zero-order chi connectivity index (χ0) is 14.6. The molecule has 0 saturated carbocycles. The molecular weight excluding hydrogens is 274 g/mol. The van der Waals surface area contributed by atoms with Crippen molar-refractivity contribution in [3.63, 3.8) is 0 Å². The maximum absolute atomic E-state index is 11.5. The van der Waals surface area contributed by atoms with Gasteiger partial charge in [-0.05, 0) is 23.3 Å². The first-order valence-electron chi connectivity index (χ1n) is 6.14. The van der Waals surface area contributed by atoms with Crippen LogP contribution in [-0.2, 0) is 23.1 Å². The minimum absolute atomic E-state index is 0.0959. The second kappa shape index (κ2) is 6.04. The lowest BCUT2D eigenvalue weighted by atomic mass is 10.1. The smallest absolute Gasteiger partial charge is 0.240 e. The molecule has 0 bridgehead atoms. The monoisotopic (exact) mass is 291 g/mol. The molecule has 2 aromatic carbocycles. The SMILES string of the molecule is NCc1ccc(CNc2ccccc2S(N)(=O)=O)cc1. The van der Waals surface area contributed by atoms with Gasteiger partial charge in [-0.2, -0.15) is 0 Å². The van der Waals surface area contributed by atoms with E-state index in [0.29, 0.717) is 18.8 Å². The number of primary sulfonamides is 1. The highest BCUT2D eigenvalue weighted by Gasteiger charge is 2.12. The summed E-state index contributed by atoms with van der Waals surface area (Å²) in [5, 5.41) is 8.27. The molecular formula is C14H17N3O2S. The summed E-state index contributed by atoms with van der Waals surface area (Å²) in [6.45, 7) is 1.01. The lowest BCUT2D eigenvalue weighted by Gasteiger charge is -2.10. The minimum Gasteiger partial charge on any atom is -0.380 e. The predicted molar refractivity (Wildman–Crippen MR) is 79.5 cm³/mol. The fraction of sp³-hybridized carbons (Fsp3) is 0.143. The van der Waals surface area contributed by atoms with Crippen LogP contribution in [0.15, 0.2) is 53.4 Å². The normalized spacial score (nSPS) is 11.3. The second-order valence-electron chi connectivity index (χ2n) is 4.42.